The lowest BCUT2D eigenvalue weighted by atomic mass is 10.0. The molecule has 1 atom stereocenters. The van der Waals surface area contributed by atoms with Gasteiger partial charge in [0, 0.05) is 32.3 Å². The number of ether oxygens (including phenoxy) is 1. The molecular formula is C17H27FN2O. The standard InChI is InChI=1S/C17H27FN2O/c1-3-19-17(14-4-6-15(18)7-5-14)10-11-20(12-13-21-2)16-8-9-16/h4-7,16-17,19H,3,8-13H2,1-2H3. The second-order valence-electron chi connectivity index (χ2n) is 5.71. The molecule has 0 aromatic heterocycles. The molecule has 1 saturated carbocycles. The summed E-state index contributed by atoms with van der Waals surface area (Å²) in [5.41, 5.74) is 1.17. The van der Waals surface area contributed by atoms with Gasteiger partial charge in [-0.3, -0.25) is 4.90 Å². The topological polar surface area (TPSA) is 24.5 Å². The maximum absolute atomic E-state index is 13.1. The molecule has 0 aliphatic heterocycles. The van der Waals surface area contributed by atoms with Crippen molar-refractivity contribution in [2.24, 2.45) is 0 Å². The minimum Gasteiger partial charge on any atom is -0.383 e. The number of methoxy groups -OCH3 is 1. The summed E-state index contributed by atoms with van der Waals surface area (Å²) in [6, 6.07) is 7.90. The third-order valence-electron chi connectivity index (χ3n) is 4.07. The predicted molar refractivity (Wildman–Crippen MR) is 83.9 cm³/mol. The maximum atomic E-state index is 13.1. The maximum Gasteiger partial charge on any atom is 0.123 e. The third kappa shape index (κ3) is 5.38. The molecule has 1 unspecified atom stereocenters. The molecule has 118 valence electrons. The van der Waals surface area contributed by atoms with Crippen LogP contribution >= 0.6 is 0 Å². The van der Waals surface area contributed by atoms with Crippen molar-refractivity contribution in [3.8, 4) is 0 Å². The minimum atomic E-state index is -0.173. The van der Waals surface area contributed by atoms with Gasteiger partial charge in [-0.05, 0) is 43.5 Å². The third-order valence-corrected chi connectivity index (χ3v) is 4.07. The van der Waals surface area contributed by atoms with Gasteiger partial charge in [0.25, 0.3) is 0 Å². The predicted octanol–water partition coefficient (Wildman–Crippen LogP) is 2.98. The van der Waals surface area contributed by atoms with Crippen molar-refractivity contribution in [2.45, 2.75) is 38.3 Å². The van der Waals surface area contributed by atoms with Gasteiger partial charge < -0.3 is 10.1 Å². The molecule has 1 aliphatic rings. The average molecular weight is 294 g/mol. The van der Waals surface area contributed by atoms with E-state index in [1.165, 1.54) is 18.4 Å². The van der Waals surface area contributed by atoms with Gasteiger partial charge in [0.1, 0.15) is 5.82 Å². The molecule has 3 nitrogen and oxygen atoms in total. The number of halogens is 1. The fourth-order valence-corrected chi connectivity index (χ4v) is 2.75. The van der Waals surface area contributed by atoms with E-state index < -0.39 is 0 Å². The van der Waals surface area contributed by atoms with Gasteiger partial charge in [0.05, 0.1) is 6.61 Å². The Balaban J connectivity index is 1.90. The van der Waals surface area contributed by atoms with Gasteiger partial charge in [0.2, 0.25) is 0 Å². The SMILES string of the molecule is CCNC(CCN(CCOC)C1CC1)c1ccc(F)cc1. The number of rotatable bonds is 10. The van der Waals surface area contributed by atoms with Crippen molar-refractivity contribution in [3.63, 3.8) is 0 Å². The van der Waals surface area contributed by atoms with E-state index in [1.807, 2.05) is 12.1 Å². The number of nitrogens with one attached hydrogen (secondary N) is 1. The Hall–Kier alpha value is -0.970. The Bertz CT molecular complexity index is 406. The van der Waals surface area contributed by atoms with Crippen LogP contribution in [0.3, 0.4) is 0 Å². The molecule has 0 radical (unpaired) electrons. The summed E-state index contributed by atoms with van der Waals surface area (Å²) >= 11 is 0. The van der Waals surface area contributed by atoms with E-state index in [2.05, 4.69) is 17.1 Å². The average Bonchev–Trinajstić information content (AvgIpc) is 3.32. The van der Waals surface area contributed by atoms with Crippen molar-refractivity contribution in [1.29, 1.82) is 0 Å². The van der Waals surface area contributed by atoms with E-state index in [4.69, 9.17) is 4.74 Å². The Kier molecular flexibility index (Phi) is 6.61. The second-order valence-corrected chi connectivity index (χ2v) is 5.71. The second kappa shape index (κ2) is 8.47. The van der Waals surface area contributed by atoms with E-state index in [0.29, 0.717) is 6.04 Å². The fraction of sp³-hybridized carbons (Fsp3) is 0.647. The summed E-state index contributed by atoms with van der Waals surface area (Å²) in [6.45, 7) is 5.88. The molecule has 1 aliphatic carbocycles. The van der Waals surface area contributed by atoms with Crippen LogP contribution < -0.4 is 5.32 Å². The van der Waals surface area contributed by atoms with E-state index in [1.54, 1.807) is 19.2 Å². The van der Waals surface area contributed by atoms with Crippen LogP contribution in [0.25, 0.3) is 0 Å². The number of nitrogens with zero attached hydrogens (tertiary/aromatic N) is 1. The molecule has 0 saturated heterocycles. The molecular weight excluding hydrogens is 267 g/mol. The molecule has 4 heteroatoms. The van der Waals surface area contributed by atoms with Gasteiger partial charge in [0.15, 0.2) is 0 Å². The summed E-state index contributed by atoms with van der Waals surface area (Å²) in [5.74, 6) is -0.173. The normalized spacial score (nSPS) is 16.4. The summed E-state index contributed by atoms with van der Waals surface area (Å²) in [6.07, 6.45) is 3.66. The Morgan fingerprint density at radius 1 is 1.29 bits per heavy atom. The zero-order valence-electron chi connectivity index (χ0n) is 13.1. The fourth-order valence-electron chi connectivity index (χ4n) is 2.75. The Morgan fingerprint density at radius 2 is 2.00 bits per heavy atom. The first-order valence-corrected chi connectivity index (χ1v) is 7.96. The molecule has 0 heterocycles. The first kappa shape index (κ1) is 16.4. The molecule has 1 aromatic rings. The minimum absolute atomic E-state index is 0.173. The monoisotopic (exact) mass is 294 g/mol. The van der Waals surface area contributed by atoms with E-state index >= 15 is 0 Å². The number of benzene rings is 1. The van der Waals surface area contributed by atoms with Crippen LogP contribution in [0.15, 0.2) is 24.3 Å². The van der Waals surface area contributed by atoms with Gasteiger partial charge in [-0.15, -0.1) is 0 Å². The van der Waals surface area contributed by atoms with E-state index in [0.717, 1.165) is 38.7 Å². The lowest BCUT2D eigenvalue weighted by Gasteiger charge is -2.25. The molecule has 1 N–H and O–H groups in total. The summed E-state index contributed by atoms with van der Waals surface area (Å²) in [5, 5.41) is 3.51. The molecule has 0 amide bonds. The summed E-state index contributed by atoms with van der Waals surface area (Å²) < 4.78 is 18.3. The quantitative estimate of drug-likeness (QED) is 0.718. The Morgan fingerprint density at radius 3 is 2.57 bits per heavy atom. The molecule has 0 spiro atoms. The van der Waals surface area contributed by atoms with Gasteiger partial charge in [-0.1, -0.05) is 19.1 Å². The van der Waals surface area contributed by atoms with Crippen molar-refractivity contribution >= 4 is 0 Å². The highest BCUT2D eigenvalue weighted by Crippen LogP contribution is 2.28. The van der Waals surface area contributed by atoms with Gasteiger partial charge in [-0.2, -0.15) is 0 Å². The zero-order valence-corrected chi connectivity index (χ0v) is 13.1. The first-order chi connectivity index (χ1) is 10.2. The van der Waals surface area contributed by atoms with Crippen LogP contribution in [0.4, 0.5) is 4.39 Å². The van der Waals surface area contributed by atoms with Crippen LogP contribution in [0.1, 0.15) is 37.8 Å². The largest absolute Gasteiger partial charge is 0.383 e. The Labute approximate surface area is 127 Å². The number of hydrogen-bond donors (Lipinski definition) is 1. The van der Waals surface area contributed by atoms with Gasteiger partial charge in [-0.25, -0.2) is 4.39 Å². The molecule has 1 aromatic carbocycles. The van der Waals surface area contributed by atoms with Crippen molar-refractivity contribution in [2.75, 3.05) is 33.4 Å². The smallest absolute Gasteiger partial charge is 0.123 e. The van der Waals surface area contributed by atoms with Crippen LogP contribution in [0.5, 0.6) is 0 Å². The summed E-state index contributed by atoms with van der Waals surface area (Å²) in [4.78, 5) is 2.53. The van der Waals surface area contributed by atoms with E-state index in [9.17, 15) is 4.39 Å². The molecule has 21 heavy (non-hydrogen) atoms. The van der Waals surface area contributed by atoms with Crippen LogP contribution in [0.2, 0.25) is 0 Å². The first-order valence-electron chi connectivity index (χ1n) is 7.96. The van der Waals surface area contributed by atoms with Crippen molar-refractivity contribution in [3.05, 3.63) is 35.6 Å². The highest BCUT2D eigenvalue weighted by molar-refractivity contribution is 5.20. The molecule has 0 bridgehead atoms. The lowest BCUT2D eigenvalue weighted by molar-refractivity contribution is 0.140. The lowest BCUT2D eigenvalue weighted by Crippen LogP contribution is -2.33. The van der Waals surface area contributed by atoms with Crippen molar-refractivity contribution < 1.29 is 9.13 Å². The number of hydrogen-bond acceptors (Lipinski definition) is 3. The van der Waals surface area contributed by atoms with Crippen molar-refractivity contribution in [1.82, 2.24) is 10.2 Å². The molecule has 2 rings (SSSR count). The molecule has 1 fully saturated rings. The summed E-state index contributed by atoms with van der Waals surface area (Å²) in [7, 11) is 1.75. The van der Waals surface area contributed by atoms with Crippen LogP contribution in [-0.4, -0.2) is 44.3 Å². The highest BCUT2D eigenvalue weighted by atomic mass is 19.1. The zero-order chi connectivity index (χ0) is 15.1. The van der Waals surface area contributed by atoms with Crippen LogP contribution in [0, 0.1) is 5.82 Å². The highest BCUT2D eigenvalue weighted by Gasteiger charge is 2.28. The van der Waals surface area contributed by atoms with E-state index in [-0.39, 0.29) is 5.82 Å². The van der Waals surface area contributed by atoms with Gasteiger partial charge >= 0.3 is 0 Å². The van der Waals surface area contributed by atoms with Crippen LogP contribution in [-0.2, 0) is 4.74 Å².